The summed E-state index contributed by atoms with van der Waals surface area (Å²) in [6.07, 6.45) is 2.98. The van der Waals surface area contributed by atoms with Crippen LogP contribution in [-0.2, 0) is 4.79 Å². The second-order valence-electron chi connectivity index (χ2n) is 2.89. The van der Waals surface area contributed by atoms with Gasteiger partial charge >= 0.3 is 0 Å². The largest absolute Gasteiger partial charge is 0.343 e. The van der Waals surface area contributed by atoms with Crippen LogP contribution in [0.5, 0.6) is 0 Å². The number of rotatable bonds is 2. The molecule has 0 spiro atoms. The highest BCUT2D eigenvalue weighted by atomic mass is 16.2. The summed E-state index contributed by atoms with van der Waals surface area (Å²) >= 11 is 0. The highest BCUT2D eigenvalue weighted by molar-refractivity contribution is 5.78. The van der Waals surface area contributed by atoms with Gasteiger partial charge in [0.1, 0.15) is 0 Å². The predicted molar refractivity (Wildman–Crippen MR) is 40.6 cm³/mol. The van der Waals surface area contributed by atoms with E-state index in [9.17, 15) is 4.79 Å². The SMILES string of the molecule is CN1C(=O)CCC1CCC#N. The van der Waals surface area contributed by atoms with E-state index in [2.05, 4.69) is 6.07 Å². The van der Waals surface area contributed by atoms with E-state index in [1.807, 2.05) is 7.05 Å². The van der Waals surface area contributed by atoms with Gasteiger partial charge in [0.15, 0.2) is 0 Å². The first kappa shape index (κ1) is 8.06. The molecule has 1 aliphatic heterocycles. The van der Waals surface area contributed by atoms with Crippen LogP contribution in [0, 0.1) is 11.3 Å². The molecular weight excluding hydrogens is 140 g/mol. The second kappa shape index (κ2) is 3.38. The molecule has 1 atom stereocenters. The van der Waals surface area contributed by atoms with Crippen LogP contribution in [0.3, 0.4) is 0 Å². The summed E-state index contributed by atoms with van der Waals surface area (Å²) in [5.74, 6) is 0.216. The Morgan fingerprint density at radius 2 is 2.55 bits per heavy atom. The quantitative estimate of drug-likeness (QED) is 0.590. The average Bonchev–Trinajstić information content (AvgIpc) is 2.31. The van der Waals surface area contributed by atoms with Crippen LogP contribution in [-0.4, -0.2) is 23.9 Å². The van der Waals surface area contributed by atoms with Crippen molar-refractivity contribution in [3.8, 4) is 6.07 Å². The average molecular weight is 152 g/mol. The molecule has 1 aliphatic rings. The zero-order chi connectivity index (χ0) is 8.27. The normalized spacial score (nSPS) is 23.8. The minimum absolute atomic E-state index is 0.216. The van der Waals surface area contributed by atoms with Gasteiger partial charge in [-0.3, -0.25) is 4.79 Å². The molecule has 1 fully saturated rings. The van der Waals surface area contributed by atoms with E-state index in [-0.39, 0.29) is 5.91 Å². The van der Waals surface area contributed by atoms with E-state index >= 15 is 0 Å². The summed E-state index contributed by atoms with van der Waals surface area (Å²) in [5.41, 5.74) is 0. The Balaban J connectivity index is 2.37. The van der Waals surface area contributed by atoms with Crippen molar-refractivity contribution in [2.75, 3.05) is 7.05 Å². The molecular formula is C8H12N2O. The number of amides is 1. The fourth-order valence-corrected chi connectivity index (χ4v) is 1.43. The maximum Gasteiger partial charge on any atom is 0.222 e. The Labute approximate surface area is 66.6 Å². The molecule has 1 rings (SSSR count). The third-order valence-electron chi connectivity index (χ3n) is 2.22. The molecule has 0 bridgehead atoms. The molecule has 3 nitrogen and oxygen atoms in total. The smallest absolute Gasteiger partial charge is 0.222 e. The van der Waals surface area contributed by atoms with E-state index in [0.29, 0.717) is 18.9 Å². The molecule has 0 aliphatic carbocycles. The van der Waals surface area contributed by atoms with E-state index in [4.69, 9.17) is 5.26 Å². The molecule has 3 heteroatoms. The van der Waals surface area contributed by atoms with Crippen molar-refractivity contribution < 1.29 is 4.79 Å². The van der Waals surface area contributed by atoms with E-state index < -0.39 is 0 Å². The van der Waals surface area contributed by atoms with E-state index in [0.717, 1.165) is 12.8 Å². The number of hydrogen-bond donors (Lipinski definition) is 0. The van der Waals surface area contributed by atoms with Gasteiger partial charge in [-0.15, -0.1) is 0 Å². The maximum absolute atomic E-state index is 11.0. The van der Waals surface area contributed by atoms with Crippen LogP contribution in [0.25, 0.3) is 0 Å². The van der Waals surface area contributed by atoms with Gasteiger partial charge < -0.3 is 4.90 Å². The zero-order valence-electron chi connectivity index (χ0n) is 6.71. The lowest BCUT2D eigenvalue weighted by molar-refractivity contribution is -0.127. The molecule has 60 valence electrons. The van der Waals surface area contributed by atoms with Crippen LogP contribution >= 0.6 is 0 Å². The molecule has 0 saturated carbocycles. The summed E-state index contributed by atoms with van der Waals surface area (Å²) in [5, 5.41) is 8.33. The Morgan fingerprint density at radius 3 is 3.00 bits per heavy atom. The van der Waals surface area contributed by atoms with Crippen molar-refractivity contribution >= 4 is 5.91 Å². The van der Waals surface area contributed by atoms with Gasteiger partial charge in [0.05, 0.1) is 6.07 Å². The fourth-order valence-electron chi connectivity index (χ4n) is 1.43. The molecule has 0 N–H and O–H groups in total. The monoisotopic (exact) mass is 152 g/mol. The van der Waals surface area contributed by atoms with Gasteiger partial charge in [0.2, 0.25) is 5.91 Å². The summed E-state index contributed by atoms with van der Waals surface area (Å²) < 4.78 is 0. The molecule has 1 heterocycles. The van der Waals surface area contributed by atoms with Gasteiger partial charge in [0.25, 0.3) is 0 Å². The van der Waals surface area contributed by atoms with Crippen LogP contribution in [0.4, 0.5) is 0 Å². The van der Waals surface area contributed by atoms with Gasteiger partial charge in [0, 0.05) is 25.9 Å². The van der Waals surface area contributed by atoms with E-state index in [1.54, 1.807) is 4.90 Å². The number of nitriles is 1. The van der Waals surface area contributed by atoms with Crippen LogP contribution in [0.2, 0.25) is 0 Å². The van der Waals surface area contributed by atoms with Crippen molar-refractivity contribution in [2.24, 2.45) is 0 Å². The predicted octanol–water partition coefficient (Wildman–Crippen LogP) is 0.911. The number of hydrogen-bond acceptors (Lipinski definition) is 2. The van der Waals surface area contributed by atoms with Gasteiger partial charge in [-0.25, -0.2) is 0 Å². The number of likely N-dealkylation sites (tertiary alicyclic amines) is 1. The first-order chi connectivity index (χ1) is 5.25. The lowest BCUT2D eigenvalue weighted by Gasteiger charge is -2.17. The third kappa shape index (κ3) is 1.70. The third-order valence-corrected chi connectivity index (χ3v) is 2.22. The molecule has 0 aromatic carbocycles. The molecule has 1 unspecified atom stereocenters. The first-order valence-electron chi connectivity index (χ1n) is 3.88. The maximum atomic E-state index is 11.0. The molecule has 1 saturated heterocycles. The lowest BCUT2D eigenvalue weighted by atomic mass is 10.1. The minimum Gasteiger partial charge on any atom is -0.343 e. The second-order valence-corrected chi connectivity index (χ2v) is 2.89. The van der Waals surface area contributed by atoms with Crippen molar-refractivity contribution in [3.63, 3.8) is 0 Å². The van der Waals surface area contributed by atoms with Gasteiger partial charge in [-0.05, 0) is 12.8 Å². The number of carbonyl (C=O) groups excluding carboxylic acids is 1. The first-order valence-corrected chi connectivity index (χ1v) is 3.88. The van der Waals surface area contributed by atoms with Crippen molar-refractivity contribution in [2.45, 2.75) is 31.7 Å². The van der Waals surface area contributed by atoms with Crippen molar-refractivity contribution in [1.82, 2.24) is 4.90 Å². The Kier molecular flexibility index (Phi) is 2.48. The fraction of sp³-hybridized carbons (Fsp3) is 0.750. The summed E-state index contributed by atoms with van der Waals surface area (Å²) in [7, 11) is 1.82. The highest BCUT2D eigenvalue weighted by Gasteiger charge is 2.26. The lowest BCUT2D eigenvalue weighted by Crippen LogP contribution is -2.28. The van der Waals surface area contributed by atoms with Crippen LogP contribution in [0.15, 0.2) is 0 Å². The summed E-state index contributed by atoms with van der Waals surface area (Å²) in [6.45, 7) is 0. The zero-order valence-corrected chi connectivity index (χ0v) is 6.71. The Bertz CT molecular complexity index is 195. The highest BCUT2D eigenvalue weighted by Crippen LogP contribution is 2.19. The Hall–Kier alpha value is -1.04. The van der Waals surface area contributed by atoms with E-state index in [1.165, 1.54) is 0 Å². The minimum atomic E-state index is 0.216. The molecule has 0 radical (unpaired) electrons. The van der Waals surface area contributed by atoms with Gasteiger partial charge in [-0.2, -0.15) is 5.26 Å². The molecule has 1 amide bonds. The molecule has 11 heavy (non-hydrogen) atoms. The van der Waals surface area contributed by atoms with Gasteiger partial charge in [-0.1, -0.05) is 0 Å². The standard InChI is InChI=1S/C8H12N2O/c1-10-7(3-2-6-9)4-5-8(10)11/h7H,2-5H2,1H3. The Morgan fingerprint density at radius 1 is 1.82 bits per heavy atom. The van der Waals surface area contributed by atoms with Crippen LogP contribution in [0.1, 0.15) is 25.7 Å². The van der Waals surface area contributed by atoms with Crippen LogP contribution < -0.4 is 0 Å². The topological polar surface area (TPSA) is 44.1 Å². The summed E-state index contributed by atoms with van der Waals surface area (Å²) in [6, 6.07) is 2.41. The van der Waals surface area contributed by atoms with Crippen molar-refractivity contribution in [3.05, 3.63) is 0 Å². The molecule has 0 aromatic rings. The summed E-state index contributed by atoms with van der Waals surface area (Å²) in [4.78, 5) is 12.8. The number of nitrogens with zero attached hydrogens (tertiary/aromatic N) is 2. The van der Waals surface area contributed by atoms with Crippen molar-refractivity contribution in [1.29, 1.82) is 5.26 Å². The molecule has 0 aromatic heterocycles. The number of carbonyl (C=O) groups is 1.